The van der Waals surface area contributed by atoms with Gasteiger partial charge in [-0.2, -0.15) is 0 Å². The van der Waals surface area contributed by atoms with Crippen molar-refractivity contribution in [2.45, 2.75) is 12.2 Å². The number of hydrogen-bond donors (Lipinski definition) is 2. The number of anilines is 1. The van der Waals surface area contributed by atoms with Gasteiger partial charge >= 0.3 is 6.03 Å². The predicted octanol–water partition coefficient (Wildman–Crippen LogP) is 3.47. The molecule has 3 N–H and O–H groups in total. The molecule has 3 rings (SSSR count). The molecule has 2 heterocycles. The average molecular weight is 465 g/mol. The molecular formula is C19H17ClN4O4S2. The molecule has 0 radical (unpaired) electrons. The summed E-state index contributed by atoms with van der Waals surface area (Å²) < 4.78 is 5.16. The van der Waals surface area contributed by atoms with Crippen LogP contribution < -0.4 is 20.7 Å². The maximum Gasteiger partial charge on any atom is 0.318 e. The number of hydrogen-bond acceptors (Lipinski definition) is 7. The third-order valence-electron chi connectivity index (χ3n) is 3.94. The fourth-order valence-corrected chi connectivity index (χ4v) is 4.37. The van der Waals surface area contributed by atoms with Gasteiger partial charge in [0.05, 0.1) is 23.1 Å². The van der Waals surface area contributed by atoms with Gasteiger partial charge < -0.3 is 10.5 Å². The summed E-state index contributed by atoms with van der Waals surface area (Å²) in [4.78, 5) is 42.8. The summed E-state index contributed by atoms with van der Waals surface area (Å²) >= 11 is 8.72. The van der Waals surface area contributed by atoms with E-state index in [1.807, 2.05) is 22.8 Å². The Morgan fingerprint density at radius 1 is 1.40 bits per heavy atom. The third-order valence-corrected chi connectivity index (χ3v) is 6.11. The number of urea groups is 1. The second-order valence-electron chi connectivity index (χ2n) is 6.01. The molecule has 0 saturated carbocycles. The molecule has 4 amide bonds. The highest BCUT2D eigenvalue weighted by Gasteiger charge is 2.34. The van der Waals surface area contributed by atoms with Gasteiger partial charge in [-0.25, -0.2) is 9.79 Å². The molecule has 8 nitrogen and oxygen atoms in total. The second kappa shape index (κ2) is 9.33. The van der Waals surface area contributed by atoms with Crippen molar-refractivity contribution >= 4 is 69.5 Å². The molecule has 1 atom stereocenters. The van der Waals surface area contributed by atoms with Crippen molar-refractivity contribution in [2.24, 2.45) is 10.7 Å². The van der Waals surface area contributed by atoms with Crippen LogP contribution in [0.25, 0.3) is 6.08 Å². The number of imide groups is 1. The van der Waals surface area contributed by atoms with E-state index in [1.165, 1.54) is 23.3 Å². The van der Waals surface area contributed by atoms with E-state index in [0.717, 1.165) is 16.6 Å². The van der Waals surface area contributed by atoms with Crippen LogP contribution in [0.3, 0.4) is 0 Å². The highest BCUT2D eigenvalue weighted by atomic mass is 35.5. The molecule has 1 aliphatic heterocycles. The average Bonchev–Trinajstić information content (AvgIpc) is 3.30. The highest BCUT2D eigenvalue weighted by molar-refractivity contribution is 8.15. The lowest BCUT2D eigenvalue weighted by molar-refractivity contribution is -0.119. The molecule has 0 fully saturated rings. The van der Waals surface area contributed by atoms with Gasteiger partial charge in [0.2, 0.25) is 5.91 Å². The summed E-state index contributed by atoms with van der Waals surface area (Å²) in [5, 5.41) is 3.78. The lowest BCUT2D eigenvalue weighted by atomic mass is 10.2. The normalized spacial score (nSPS) is 15.8. The minimum atomic E-state index is -0.950. The molecule has 0 unspecified atom stereocenters. The number of amidine groups is 1. The van der Waals surface area contributed by atoms with Crippen LogP contribution in [-0.2, 0) is 9.59 Å². The number of thioether (sulfide) groups is 1. The van der Waals surface area contributed by atoms with Gasteiger partial charge in [0, 0.05) is 4.88 Å². The number of benzene rings is 1. The van der Waals surface area contributed by atoms with Gasteiger partial charge in [-0.3, -0.25) is 19.8 Å². The van der Waals surface area contributed by atoms with E-state index in [-0.39, 0.29) is 16.8 Å². The number of carbonyl (C=O) groups is 3. The van der Waals surface area contributed by atoms with Crippen LogP contribution >= 0.6 is 34.7 Å². The lowest BCUT2D eigenvalue weighted by Gasteiger charge is -2.20. The number of amides is 4. The summed E-state index contributed by atoms with van der Waals surface area (Å²) in [5.74, 6) is -0.498. The van der Waals surface area contributed by atoms with E-state index in [2.05, 4.69) is 4.99 Å². The van der Waals surface area contributed by atoms with Gasteiger partial charge in [-0.05, 0) is 42.6 Å². The van der Waals surface area contributed by atoms with E-state index >= 15 is 0 Å². The Morgan fingerprint density at radius 2 is 2.17 bits per heavy atom. The van der Waals surface area contributed by atoms with Crippen LogP contribution in [0.5, 0.6) is 5.75 Å². The molecule has 0 bridgehead atoms. The Hall–Kier alpha value is -2.82. The number of rotatable bonds is 5. The third kappa shape index (κ3) is 4.84. The first-order valence-corrected chi connectivity index (χ1v) is 10.7. The summed E-state index contributed by atoms with van der Waals surface area (Å²) in [5.41, 5.74) is 5.70. The molecule has 2 aromatic rings. The first kappa shape index (κ1) is 21.9. The van der Waals surface area contributed by atoms with E-state index in [1.54, 1.807) is 31.2 Å². The molecule has 156 valence electrons. The van der Waals surface area contributed by atoms with Crippen molar-refractivity contribution in [3.05, 3.63) is 51.3 Å². The Morgan fingerprint density at radius 3 is 2.77 bits per heavy atom. The van der Waals surface area contributed by atoms with E-state index in [4.69, 9.17) is 22.1 Å². The number of nitrogens with one attached hydrogen (secondary N) is 1. The molecule has 11 heteroatoms. The van der Waals surface area contributed by atoms with Gasteiger partial charge in [-0.1, -0.05) is 29.4 Å². The largest absolute Gasteiger partial charge is 0.495 e. The van der Waals surface area contributed by atoms with Crippen molar-refractivity contribution in [3.8, 4) is 5.75 Å². The number of nitrogens with two attached hydrogens (primary N) is 1. The molecule has 0 aliphatic carbocycles. The standard InChI is InChI=1S/C19H17ClN4O4S2/c1-10(16(25)23-18(21)27)30-19-22-14(9-12-4-3-7-29-12)17(26)24(19)11-5-6-15(28-2)13(20)8-11/h3-10H,1-2H3,(H3,21,23,25,27)/b14-9+/t10-/m1/s1. The van der Waals surface area contributed by atoms with Crippen molar-refractivity contribution < 1.29 is 19.1 Å². The van der Waals surface area contributed by atoms with Crippen LogP contribution in [0, 0.1) is 0 Å². The second-order valence-corrected chi connectivity index (χ2v) is 8.71. The molecule has 1 aromatic heterocycles. The minimum absolute atomic E-state index is 0.217. The van der Waals surface area contributed by atoms with Crippen LogP contribution in [0.2, 0.25) is 5.02 Å². The number of halogens is 1. The highest BCUT2D eigenvalue weighted by Crippen LogP contribution is 2.35. The summed E-state index contributed by atoms with van der Waals surface area (Å²) in [6.07, 6.45) is 1.67. The maximum atomic E-state index is 13.1. The number of primary amides is 1. The molecule has 0 saturated heterocycles. The van der Waals surface area contributed by atoms with Crippen molar-refractivity contribution in [1.29, 1.82) is 0 Å². The molecule has 1 aromatic carbocycles. The van der Waals surface area contributed by atoms with Crippen LogP contribution in [0.1, 0.15) is 11.8 Å². The molecular weight excluding hydrogens is 448 g/mol. The number of nitrogens with zero attached hydrogens (tertiary/aromatic N) is 2. The summed E-state index contributed by atoms with van der Waals surface area (Å²) in [7, 11) is 1.49. The van der Waals surface area contributed by atoms with E-state index in [0.29, 0.717) is 16.5 Å². The van der Waals surface area contributed by atoms with Gasteiger partial charge in [0.1, 0.15) is 11.4 Å². The Bertz CT molecular complexity index is 1050. The van der Waals surface area contributed by atoms with Crippen molar-refractivity contribution in [3.63, 3.8) is 0 Å². The number of methoxy groups -OCH3 is 1. The SMILES string of the molecule is COc1ccc(N2C(=O)/C(=C\c3cccs3)N=C2S[C@H](C)C(=O)NC(N)=O)cc1Cl. The fourth-order valence-electron chi connectivity index (χ4n) is 2.54. The van der Waals surface area contributed by atoms with Gasteiger partial charge in [0.25, 0.3) is 5.91 Å². The number of ether oxygens (including phenoxy) is 1. The molecule has 0 spiro atoms. The Labute approximate surface area is 185 Å². The zero-order valence-electron chi connectivity index (χ0n) is 15.9. The smallest absolute Gasteiger partial charge is 0.318 e. The maximum absolute atomic E-state index is 13.1. The molecule has 30 heavy (non-hydrogen) atoms. The van der Waals surface area contributed by atoms with Gasteiger partial charge in [0.15, 0.2) is 5.17 Å². The van der Waals surface area contributed by atoms with Crippen molar-refractivity contribution in [1.82, 2.24) is 5.32 Å². The number of aliphatic imine (C=N–C) groups is 1. The lowest BCUT2D eigenvalue weighted by Crippen LogP contribution is -2.41. The van der Waals surface area contributed by atoms with Gasteiger partial charge in [-0.15, -0.1) is 11.3 Å². The number of carbonyl (C=O) groups excluding carboxylic acids is 3. The summed E-state index contributed by atoms with van der Waals surface area (Å²) in [6.45, 7) is 1.58. The van der Waals surface area contributed by atoms with Crippen molar-refractivity contribution in [2.75, 3.05) is 12.0 Å². The summed E-state index contributed by atoms with van der Waals surface area (Å²) in [6, 6.07) is 7.67. The van der Waals surface area contributed by atoms with E-state index < -0.39 is 17.2 Å². The monoisotopic (exact) mass is 464 g/mol. The Kier molecular flexibility index (Phi) is 6.80. The first-order chi connectivity index (χ1) is 14.3. The topological polar surface area (TPSA) is 114 Å². The van der Waals surface area contributed by atoms with Crippen LogP contribution in [-0.4, -0.2) is 35.4 Å². The number of thiophene rings is 1. The minimum Gasteiger partial charge on any atom is -0.495 e. The van der Waals surface area contributed by atoms with Crippen LogP contribution in [0.4, 0.5) is 10.5 Å². The first-order valence-electron chi connectivity index (χ1n) is 8.59. The quantitative estimate of drug-likeness (QED) is 0.657. The zero-order valence-corrected chi connectivity index (χ0v) is 18.3. The van der Waals surface area contributed by atoms with E-state index in [9.17, 15) is 14.4 Å². The fraction of sp³-hybridized carbons (Fsp3) is 0.158. The molecule has 1 aliphatic rings. The Balaban J connectivity index is 1.96. The van der Waals surface area contributed by atoms with Crippen LogP contribution in [0.15, 0.2) is 46.4 Å². The predicted molar refractivity (Wildman–Crippen MR) is 120 cm³/mol. The zero-order chi connectivity index (χ0) is 21.8.